The molecule has 3 aromatic rings. The van der Waals surface area contributed by atoms with Gasteiger partial charge in [0.2, 0.25) is 15.9 Å². The van der Waals surface area contributed by atoms with Gasteiger partial charge in [-0.25, -0.2) is 12.8 Å². The van der Waals surface area contributed by atoms with Crippen molar-refractivity contribution in [3.8, 4) is 0 Å². The van der Waals surface area contributed by atoms with E-state index in [0.29, 0.717) is 31.2 Å². The van der Waals surface area contributed by atoms with E-state index in [-0.39, 0.29) is 29.5 Å². The largest absolute Gasteiger partial charge is 0.368 e. The molecule has 3 aromatic carbocycles. The molecular weight excluding hydrogens is 501 g/mol. The van der Waals surface area contributed by atoms with Gasteiger partial charge in [-0.1, -0.05) is 41.9 Å². The number of piperazine rings is 1. The maximum Gasteiger partial charge on any atom is 0.243 e. The van der Waals surface area contributed by atoms with Crippen LogP contribution in [0, 0.1) is 19.7 Å². The highest BCUT2D eigenvalue weighted by molar-refractivity contribution is 7.89. The fourth-order valence-electron chi connectivity index (χ4n) is 4.32. The van der Waals surface area contributed by atoms with Crippen LogP contribution in [0.2, 0.25) is 5.02 Å². The molecule has 0 saturated carbocycles. The third-order valence-corrected chi connectivity index (χ3v) is 8.67. The Kier molecular flexibility index (Phi) is 7.97. The molecule has 6 nitrogen and oxygen atoms in total. The van der Waals surface area contributed by atoms with Gasteiger partial charge in [-0.05, 0) is 61.4 Å². The molecule has 0 atom stereocenters. The van der Waals surface area contributed by atoms with Crippen molar-refractivity contribution in [3.05, 3.63) is 94.3 Å². The Balaban J connectivity index is 1.52. The SMILES string of the molecule is Cc1cccc(N2CCN(C(=O)CN(Cc3ccccc3F)S(=O)(=O)c3ccc(Cl)cc3)CC2)c1C. The van der Waals surface area contributed by atoms with Gasteiger partial charge in [0, 0.05) is 49.0 Å². The van der Waals surface area contributed by atoms with Crippen LogP contribution in [0.1, 0.15) is 16.7 Å². The second kappa shape index (κ2) is 11.0. The normalized spacial score (nSPS) is 14.4. The van der Waals surface area contributed by atoms with Crippen molar-refractivity contribution in [2.45, 2.75) is 25.3 Å². The van der Waals surface area contributed by atoms with E-state index in [1.807, 2.05) is 6.07 Å². The molecule has 0 aromatic heterocycles. The van der Waals surface area contributed by atoms with Crippen molar-refractivity contribution >= 4 is 33.2 Å². The van der Waals surface area contributed by atoms with Gasteiger partial charge in [0.15, 0.2) is 0 Å². The van der Waals surface area contributed by atoms with E-state index in [1.165, 1.54) is 53.6 Å². The summed E-state index contributed by atoms with van der Waals surface area (Å²) in [5, 5.41) is 0.396. The summed E-state index contributed by atoms with van der Waals surface area (Å²) < 4.78 is 42.4. The zero-order valence-electron chi connectivity index (χ0n) is 20.3. The van der Waals surface area contributed by atoms with E-state index in [1.54, 1.807) is 11.0 Å². The molecular formula is C27H29ClFN3O3S. The number of carbonyl (C=O) groups is 1. The number of hydrogen-bond donors (Lipinski definition) is 0. The molecule has 0 radical (unpaired) electrons. The molecule has 1 saturated heterocycles. The molecule has 1 heterocycles. The van der Waals surface area contributed by atoms with Gasteiger partial charge in [-0.15, -0.1) is 0 Å². The third-order valence-electron chi connectivity index (χ3n) is 6.62. The van der Waals surface area contributed by atoms with Gasteiger partial charge in [-0.3, -0.25) is 4.79 Å². The van der Waals surface area contributed by atoms with Crippen LogP contribution < -0.4 is 4.90 Å². The predicted molar refractivity (Wildman–Crippen MR) is 140 cm³/mol. The molecule has 190 valence electrons. The van der Waals surface area contributed by atoms with Crippen LogP contribution in [-0.2, 0) is 21.4 Å². The first-order chi connectivity index (χ1) is 17.2. The number of amides is 1. The lowest BCUT2D eigenvalue weighted by molar-refractivity contribution is -0.131. The first kappa shape index (κ1) is 26.1. The van der Waals surface area contributed by atoms with E-state index >= 15 is 0 Å². The van der Waals surface area contributed by atoms with Crippen LogP contribution in [0.5, 0.6) is 0 Å². The number of aryl methyl sites for hydroxylation is 1. The average Bonchev–Trinajstić information content (AvgIpc) is 2.87. The highest BCUT2D eigenvalue weighted by Crippen LogP contribution is 2.25. The zero-order valence-corrected chi connectivity index (χ0v) is 21.9. The van der Waals surface area contributed by atoms with Crippen LogP contribution >= 0.6 is 11.6 Å². The molecule has 4 rings (SSSR count). The van der Waals surface area contributed by atoms with Crippen molar-refractivity contribution < 1.29 is 17.6 Å². The van der Waals surface area contributed by atoms with Crippen molar-refractivity contribution in [2.24, 2.45) is 0 Å². The zero-order chi connectivity index (χ0) is 25.9. The van der Waals surface area contributed by atoms with Crippen molar-refractivity contribution in [1.29, 1.82) is 0 Å². The highest BCUT2D eigenvalue weighted by Gasteiger charge is 2.31. The Labute approximate surface area is 216 Å². The fourth-order valence-corrected chi connectivity index (χ4v) is 5.82. The summed E-state index contributed by atoms with van der Waals surface area (Å²) in [7, 11) is -4.08. The molecule has 1 amide bonds. The number of benzene rings is 3. The van der Waals surface area contributed by atoms with Crippen LogP contribution in [0.3, 0.4) is 0 Å². The van der Waals surface area contributed by atoms with Crippen LogP contribution in [0.4, 0.5) is 10.1 Å². The molecule has 36 heavy (non-hydrogen) atoms. The monoisotopic (exact) mass is 529 g/mol. The first-order valence-corrected chi connectivity index (χ1v) is 13.6. The lowest BCUT2D eigenvalue weighted by Crippen LogP contribution is -2.52. The molecule has 1 aliphatic heterocycles. The van der Waals surface area contributed by atoms with Crippen LogP contribution in [0.15, 0.2) is 71.6 Å². The molecule has 0 aliphatic carbocycles. The third kappa shape index (κ3) is 5.72. The summed E-state index contributed by atoms with van der Waals surface area (Å²) in [4.78, 5) is 17.2. The van der Waals surface area contributed by atoms with Gasteiger partial charge in [0.1, 0.15) is 5.82 Å². The second-order valence-corrected chi connectivity index (χ2v) is 11.3. The number of anilines is 1. The summed E-state index contributed by atoms with van der Waals surface area (Å²) in [6, 6.07) is 17.9. The molecule has 0 unspecified atom stereocenters. The highest BCUT2D eigenvalue weighted by atomic mass is 35.5. The van der Waals surface area contributed by atoms with E-state index in [4.69, 9.17) is 11.6 Å². The molecule has 0 N–H and O–H groups in total. The Hall–Kier alpha value is -2.94. The number of carbonyl (C=O) groups excluding carboxylic acids is 1. The smallest absolute Gasteiger partial charge is 0.243 e. The Morgan fingerprint density at radius 1 is 0.944 bits per heavy atom. The number of halogens is 2. The number of nitrogens with zero attached hydrogens (tertiary/aromatic N) is 3. The minimum atomic E-state index is -4.08. The minimum absolute atomic E-state index is 0.00391. The van der Waals surface area contributed by atoms with Gasteiger partial charge in [0.25, 0.3) is 0 Å². The summed E-state index contributed by atoms with van der Waals surface area (Å²) in [6.07, 6.45) is 0. The minimum Gasteiger partial charge on any atom is -0.368 e. The fraction of sp³-hybridized carbons (Fsp3) is 0.296. The Bertz CT molecular complexity index is 1340. The standard InChI is InChI=1S/C27H29ClFN3O3S/c1-20-6-5-9-26(21(20)2)30-14-16-31(17-15-30)27(33)19-32(18-22-7-3-4-8-25(22)29)36(34,35)24-12-10-23(28)11-13-24/h3-13H,14-19H2,1-2H3. The Morgan fingerprint density at radius 2 is 1.61 bits per heavy atom. The van der Waals surface area contributed by atoms with Gasteiger partial charge >= 0.3 is 0 Å². The predicted octanol–water partition coefficient (Wildman–Crippen LogP) is 4.64. The van der Waals surface area contributed by atoms with E-state index in [0.717, 1.165) is 9.99 Å². The van der Waals surface area contributed by atoms with Crippen molar-refractivity contribution in [1.82, 2.24) is 9.21 Å². The summed E-state index contributed by atoms with van der Waals surface area (Å²) in [5.74, 6) is -0.840. The van der Waals surface area contributed by atoms with Crippen molar-refractivity contribution in [2.75, 3.05) is 37.6 Å². The number of rotatable bonds is 7. The first-order valence-electron chi connectivity index (χ1n) is 11.7. The van der Waals surface area contributed by atoms with Gasteiger partial charge < -0.3 is 9.80 Å². The Morgan fingerprint density at radius 3 is 2.28 bits per heavy atom. The summed E-state index contributed by atoms with van der Waals surface area (Å²) in [6.45, 7) is 5.75. The molecule has 0 spiro atoms. The molecule has 9 heteroatoms. The summed E-state index contributed by atoms with van der Waals surface area (Å²) >= 11 is 5.93. The number of sulfonamides is 1. The van der Waals surface area contributed by atoms with Gasteiger partial charge in [0.05, 0.1) is 11.4 Å². The maximum atomic E-state index is 14.4. The quantitative estimate of drug-likeness (QED) is 0.447. The lowest BCUT2D eigenvalue weighted by Gasteiger charge is -2.37. The topological polar surface area (TPSA) is 60.9 Å². The number of hydrogen-bond acceptors (Lipinski definition) is 4. The second-order valence-electron chi connectivity index (χ2n) is 8.91. The van der Waals surface area contributed by atoms with Gasteiger partial charge in [-0.2, -0.15) is 4.31 Å². The van der Waals surface area contributed by atoms with E-state index in [2.05, 4.69) is 30.9 Å². The van der Waals surface area contributed by atoms with Crippen molar-refractivity contribution in [3.63, 3.8) is 0 Å². The van der Waals surface area contributed by atoms with Crippen LogP contribution in [-0.4, -0.2) is 56.3 Å². The molecule has 0 bridgehead atoms. The molecule has 1 fully saturated rings. The molecule has 1 aliphatic rings. The average molecular weight is 530 g/mol. The van der Waals surface area contributed by atoms with Crippen LogP contribution in [0.25, 0.3) is 0 Å². The maximum absolute atomic E-state index is 14.4. The van der Waals surface area contributed by atoms with E-state index in [9.17, 15) is 17.6 Å². The van der Waals surface area contributed by atoms with E-state index < -0.39 is 15.8 Å². The lowest BCUT2D eigenvalue weighted by atomic mass is 10.1. The summed E-state index contributed by atoms with van der Waals surface area (Å²) in [5.41, 5.74) is 3.76.